The second-order valence-corrected chi connectivity index (χ2v) is 11.9. The third-order valence-electron chi connectivity index (χ3n) is 6.66. The molecule has 0 aliphatic heterocycles. The van der Waals surface area contributed by atoms with E-state index in [9.17, 15) is 87.9 Å². The first kappa shape index (κ1) is 48.1. The molecule has 0 saturated carbocycles. The van der Waals surface area contributed by atoms with E-state index >= 15 is 0 Å². The van der Waals surface area contributed by atoms with Gasteiger partial charge in [-0.15, -0.1) is 0 Å². The lowest BCUT2D eigenvalue weighted by molar-refractivity contribution is -0.148. The molecule has 6 amide bonds. The monoisotopic (exact) mass is 792 g/mol. The molecule has 0 fully saturated rings. The third kappa shape index (κ3) is 20.1. The summed E-state index contributed by atoms with van der Waals surface area (Å²) in [6.07, 6.45) is -7.65. The van der Waals surface area contributed by atoms with Gasteiger partial charge in [-0.2, -0.15) is 0 Å². The van der Waals surface area contributed by atoms with E-state index in [1.54, 1.807) is 35.1 Å². The van der Waals surface area contributed by atoms with Crippen LogP contribution in [0.15, 0.2) is 0 Å². The molecule has 13 N–H and O–H groups in total. The summed E-state index contributed by atoms with van der Waals surface area (Å²) in [7, 11) is 0. The number of hydrogen-bond donors (Lipinski definition) is 13. The predicted octanol–water partition coefficient (Wildman–Crippen LogP) is -5.13. The first-order valence-electron chi connectivity index (χ1n) is 15.7. The second-order valence-electron chi connectivity index (χ2n) is 11.9. The Morgan fingerprint density at radius 1 is 0.327 bits per heavy atom. The summed E-state index contributed by atoms with van der Waals surface area (Å²) in [5.41, 5.74) is 0. The van der Waals surface area contributed by atoms with Gasteiger partial charge in [0, 0.05) is 6.42 Å². The van der Waals surface area contributed by atoms with Gasteiger partial charge in [0.05, 0.1) is 38.5 Å². The summed E-state index contributed by atoms with van der Waals surface area (Å²) in [4.78, 5) is 157. The molecule has 0 aromatic heterocycles. The van der Waals surface area contributed by atoms with Crippen LogP contribution in [0.2, 0.25) is 0 Å². The number of carbonyl (C=O) groups is 13. The molecule has 0 rings (SSSR count). The minimum Gasteiger partial charge on any atom is -0.481 e. The Hall–Kier alpha value is -6.89. The number of rotatable bonds is 26. The molecule has 26 heteroatoms. The SMILES string of the molecule is CC(C)CC(=O)NC(CC(=O)O)C(=O)NC(CC(=O)O)C(=O)NC(CC(=O)O)C(=O)NC(CC(=O)O)C(=O)NC(CC(=O)O)C(=O)NC(CC(=O)O)C(=O)O. The van der Waals surface area contributed by atoms with Crippen molar-refractivity contribution in [1.29, 1.82) is 0 Å². The van der Waals surface area contributed by atoms with Gasteiger partial charge in [0.15, 0.2) is 0 Å². The molecule has 26 nitrogen and oxygen atoms in total. The van der Waals surface area contributed by atoms with Crippen molar-refractivity contribution in [2.75, 3.05) is 0 Å². The molecule has 0 spiro atoms. The standard InChI is InChI=1S/C29H40N6O20/c1-10(2)3-17(36)30-11(4-18(37)38)24(49)31-12(5-19(39)40)25(50)32-13(6-20(41)42)26(51)33-14(7-21(43)44)27(52)34-15(8-22(45)46)28(53)35-16(29(54)55)9-23(47)48/h10-16H,3-9H2,1-2H3,(H,30,36)(H,31,49)(H,32,50)(H,33,51)(H,34,52)(H,35,53)(H,37,38)(H,39,40)(H,41,42)(H,43,44)(H,45,46)(H,47,48)(H,54,55). The van der Waals surface area contributed by atoms with Gasteiger partial charge in [-0.1, -0.05) is 13.8 Å². The van der Waals surface area contributed by atoms with Crippen LogP contribution in [0.1, 0.15) is 58.8 Å². The minimum absolute atomic E-state index is 0.166. The molecule has 0 aliphatic carbocycles. The second kappa shape index (κ2) is 22.9. The van der Waals surface area contributed by atoms with Gasteiger partial charge in [-0.25, -0.2) is 4.79 Å². The zero-order chi connectivity index (χ0) is 42.7. The van der Waals surface area contributed by atoms with Gasteiger partial charge in [0.25, 0.3) is 0 Å². The van der Waals surface area contributed by atoms with E-state index in [-0.39, 0.29) is 12.3 Å². The highest BCUT2D eigenvalue weighted by Gasteiger charge is 2.36. The number of aliphatic carboxylic acids is 7. The van der Waals surface area contributed by atoms with Crippen LogP contribution in [0, 0.1) is 5.92 Å². The lowest BCUT2D eigenvalue weighted by Gasteiger charge is -2.26. The van der Waals surface area contributed by atoms with Crippen LogP contribution in [0.3, 0.4) is 0 Å². The number of carboxylic acids is 7. The fourth-order valence-electron chi connectivity index (χ4n) is 4.28. The fraction of sp³-hybridized carbons (Fsp3) is 0.552. The molecule has 55 heavy (non-hydrogen) atoms. The largest absolute Gasteiger partial charge is 0.481 e. The number of carboxylic acid groups (broad SMARTS) is 7. The van der Waals surface area contributed by atoms with Crippen LogP contribution in [-0.2, 0) is 62.3 Å². The predicted molar refractivity (Wildman–Crippen MR) is 172 cm³/mol. The van der Waals surface area contributed by atoms with Crippen LogP contribution in [-0.4, -0.2) is 149 Å². The normalized spacial score (nSPS) is 13.9. The van der Waals surface area contributed by atoms with Crippen molar-refractivity contribution in [3.63, 3.8) is 0 Å². The summed E-state index contributed by atoms with van der Waals surface area (Å²) >= 11 is 0. The highest BCUT2D eigenvalue weighted by molar-refractivity contribution is 6.00. The molecule has 0 aliphatic rings. The molecule has 306 valence electrons. The lowest BCUT2D eigenvalue weighted by Crippen LogP contribution is -2.60. The minimum atomic E-state index is -2.29. The van der Waals surface area contributed by atoms with Gasteiger partial charge in [-0.3, -0.25) is 57.5 Å². The lowest BCUT2D eigenvalue weighted by atomic mass is 10.1. The first-order chi connectivity index (χ1) is 25.3. The van der Waals surface area contributed by atoms with Crippen molar-refractivity contribution >= 4 is 77.2 Å². The summed E-state index contributed by atoms with van der Waals surface area (Å²) in [5, 5.41) is 75.4. The van der Waals surface area contributed by atoms with Crippen LogP contribution < -0.4 is 31.9 Å². The molecular formula is C29H40N6O20. The molecule has 0 bridgehead atoms. The highest BCUT2D eigenvalue weighted by Crippen LogP contribution is 2.06. The van der Waals surface area contributed by atoms with Gasteiger partial charge < -0.3 is 67.6 Å². The van der Waals surface area contributed by atoms with Crippen molar-refractivity contribution in [2.24, 2.45) is 5.92 Å². The van der Waals surface area contributed by atoms with Crippen molar-refractivity contribution in [3.05, 3.63) is 0 Å². The Labute approximate surface area is 308 Å². The Balaban J connectivity index is 6.37. The summed E-state index contributed by atoms with van der Waals surface area (Å²) in [6.45, 7) is 3.25. The van der Waals surface area contributed by atoms with Crippen molar-refractivity contribution in [2.45, 2.75) is 95.0 Å². The maximum Gasteiger partial charge on any atom is 0.326 e. The Bertz CT molecular complexity index is 1550. The van der Waals surface area contributed by atoms with Crippen LogP contribution in [0.4, 0.5) is 0 Å². The van der Waals surface area contributed by atoms with E-state index in [2.05, 4.69) is 5.32 Å². The summed E-state index contributed by atoms with van der Waals surface area (Å²) in [5.74, 6) is -21.2. The van der Waals surface area contributed by atoms with E-state index in [1.165, 1.54) is 0 Å². The van der Waals surface area contributed by atoms with Crippen LogP contribution in [0.25, 0.3) is 0 Å². The Morgan fingerprint density at radius 3 is 0.727 bits per heavy atom. The first-order valence-corrected chi connectivity index (χ1v) is 15.7. The molecule has 6 atom stereocenters. The zero-order valence-corrected chi connectivity index (χ0v) is 28.9. The van der Waals surface area contributed by atoms with E-state index in [1.807, 2.05) is 5.32 Å². The number of hydrogen-bond acceptors (Lipinski definition) is 13. The van der Waals surface area contributed by atoms with Crippen molar-refractivity contribution in [1.82, 2.24) is 31.9 Å². The number of carbonyl (C=O) groups excluding carboxylic acids is 6. The third-order valence-corrected chi connectivity index (χ3v) is 6.66. The fourth-order valence-corrected chi connectivity index (χ4v) is 4.28. The molecule has 0 radical (unpaired) electrons. The van der Waals surface area contributed by atoms with Crippen molar-refractivity contribution < 1.29 is 98.1 Å². The molecular weight excluding hydrogens is 752 g/mol. The van der Waals surface area contributed by atoms with Gasteiger partial charge >= 0.3 is 41.8 Å². The van der Waals surface area contributed by atoms with Gasteiger partial charge in [0.2, 0.25) is 35.4 Å². The maximum atomic E-state index is 13.2. The summed E-state index contributed by atoms with van der Waals surface area (Å²) < 4.78 is 0. The van der Waals surface area contributed by atoms with Crippen LogP contribution >= 0.6 is 0 Å². The van der Waals surface area contributed by atoms with E-state index in [0.29, 0.717) is 0 Å². The average molecular weight is 793 g/mol. The highest BCUT2D eigenvalue weighted by atomic mass is 16.4. The Kier molecular flexibility index (Phi) is 20.0. The number of amides is 6. The van der Waals surface area contributed by atoms with E-state index < -0.39 is 152 Å². The zero-order valence-electron chi connectivity index (χ0n) is 28.9. The molecule has 0 aromatic carbocycles. The van der Waals surface area contributed by atoms with Gasteiger partial charge in [0.1, 0.15) is 36.3 Å². The Morgan fingerprint density at radius 2 is 0.527 bits per heavy atom. The van der Waals surface area contributed by atoms with E-state index in [0.717, 1.165) is 0 Å². The number of nitrogens with one attached hydrogen (secondary N) is 6. The average Bonchev–Trinajstić information content (AvgIpc) is 3.00. The smallest absolute Gasteiger partial charge is 0.326 e. The molecule has 0 heterocycles. The molecule has 0 aromatic rings. The topological polar surface area (TPSA) is 436 Å². The molecule has 0 saturated heterocycles. The molecule has 6 unspecified atom stereocenters. The van der Waals surface area contributed by atoms with E-state index in [4.69, 9.17) is 10.2 Å². The van der Waals surface area contributed by atoms with Crippen molar-refractivity contribution in [3.8, 4) is 0 Å². The van der Waals surface area contributed by atoms with Gasteiger partial charge in [-0.05, 0) is 5.92 Å². The maximum absolute atomic E-state index is 13.2. The quantitative estimate of drug-likeness (QED) is 0.0389. The summed E-state index contributed by atoms with van der Waals surface area (Å²) in [6, 6.07) is -12.9. The van der Waals surface area contributed by atoms with Crippen LogP contribution in [0.5, 0.6) is 0 Å².